The van der Waals surface area contributed by atoms with Gasteiger partial charge in [-0.25, -0.2) is 14.4 Å². The maximum Gasteiger partial charge on any atom is 0.191 e. The molecule has 130 valence electrons. The summed E-state index contributed by atoms with van der Waals surface area (Å²) in [6, 6.07) is 4.66. The van der Waals surface area contributed by atoms with Crippen LogP contribution in [-0.2, 0) is 19.4 Å². The Balaban J connectivity index is 1.88. The van der Waals surface area contributed by atoms with E-state index in [-0.39, 0.29) is 5.02 Å². The number of rotatable bonds is 7. The minimum Gasteiger partial charge on any atom is -0.357 e. The molecular formula is C17H22ClFN4S. The highest BCUT2D eigenvalue weighted by Crippen LogP contribution is 2.16. The molecule has 2 rings (SSSR count). The molecule has 1 aromatic heterocycles. The Bertz CT molecular complexity index is 687. The lowest BCUT2D eigenvalue weighted by molar-refractivity contribution is 0.627. The fourth-order valence-electron chi connectivity index (χ4n) is 2.06. The van der Waals surface area contributed by atoms with E-state index in [0.717, 1.165) is 42.5 Å². The number of halogens is 2. The van der Waals surface area contributed by atoms with E-state index in [9.17, 15) is 4.39 Å². The lowest BCUT2D eigenvalue weighted by Gasteiger charge is -2.10. The van der Waals surface area contributed by atoms with Gasteiger partial charge in [0, 0.05) is 30.6 Å². The van der Waals surface area contributed by atoms with Crippen molar-refractivity contribution < 1.29 is 4.39 Å². The predicted molar refractivity (Wildman–Crippen MR) is 99.4 cm³/mol. The number of benzene rings is 1. The summed E-state index contributed by atoms with van der Waals surface area (Å²) < 4.78 is 13.2. The molecular weight excluding hydrogens is 347 g/mol. The summed E-state index contributed by atoms with van der Waals surface area (Å²) in [5, 5.41) is 7.73. The normalized spacial score (nSPS) is 11.6. The number of aryl methyl sites for hydroxylation is 1. The Morgan fingerprint density at radius 2 is 2.17 bits per heavy atom. The van der Waals surface area contributed by atoms with Gasteiger partial charge in [-0.2, -0.15) is 0 Å². The van der Waals surface area contributed by atoms with Crippen LogP contribution >= 0.6 is 22.9 Å². The van der Waals surface area contributed by atoms with Crippen molar-refractivity contribution >= 4 is 28.9 Å². The fourth-order valence-corrected chi connectivity index (χ4v) is 3.13. The molecule has 4 nitrogen and oxygen atoms in total. The van der Waals surface area contributed by atoms with E-state index >= 15 is 0 Å². The minimum absolute atomic E-state index is 0.121. The topological polar surface area (TPSA) is 49.3 Å². The molecule has 0 aliphatic heterocycles. The minimum atomic E-state index is -0.413. The second kappa shape index (κ2) is 9.59. The average molecular weight is 369 g/mol. The number of hydrogen-bond donors (Lipinski definition) is 2. The third-order valence-electron chi connectivity index (χ3n) is 3.33. The van der Waals surface area contributed by atoms with E-state index in [2.05, 4.69) is 27.5 Å². The summed E-state index contributed by atoms with van der Waals surface area (Å²) in [5.41, 5.74) is 0.867. The SMILES string of the molecule is CCNC(=NCc1ccc(F)c(Cl)c1)NCCc1ncc(CC)s1. The van der Waals surface area contributed by atoms with Crippen LogP contribution in [-0.4, -0.2) is 24.0 Å². The monoisotopic (exact) mass is 368 g/mol. The quantitative estimate of drug-likeness (QED) is 0.577. The van der Waals surface area contributed by atoms with Gasteiger partial charge in [0.1, 0.15) is 5.82 Å². The molecule has 0 bridgehead atoms. The maximum absolute atomic E-state index is 13.2. The van der Waals surface area contributed by atoms with E-state index in [1.165, 1.54) is 10.9 Å². The van der Waals surface area contributed by atoms with Crippen molar-refractivity contribution in [2.24, 2.45) is 4.99 Å². The Hall–Kier alpha value is -1.66. The van der Waals surface area contributed by atoms with Crippen molar-refractivity contribution in [3.05, 3.63) is 50.7 Å². The van der Waals surface area contributed by atoms with E-state index in [0.29, 0.717) is 6.54 Å². The second-order valence-electron chi connectivity index (χ2n) is 5.19. The number of aliphatic imine (C=N–C) groups is 1. The van der Waals surface area contributed by atoms with Crippen LogP contribution in [0.3, 0.4) is 0 Å². The van der Waals surface area contributed by atoms with Crippen LogP contribution in [0.4, 0.5) is 4.39 Å². The van der Waals surface area contributed by atoms with Crippen molar-refractivity contribution in [3.8, 4) is 0 Å². The molecule has 0 aliphatic rings. The highest BCUT2D eigenvalue weighted by Gasteiger charge is 2.03. The first-order valence-electron chi connectivity index (χ1n) is 8.02. The molecule has 0 fully saturated rings. The molecule has 0 radical (unpaired) electrons. The van der Waals surface area contributed by atoms with Gasteiger partial charge in [0.15, 0.2) is 5.96 Å². The Labute approximate surface area is 151 Å². The van der Waals surface area contributed by atoms with E-state index in [4.69, 9.17) is 11.6 Å². The van der Waals surface area contributed by atoms with E-state index in [1.807, 2.05) is 13.1 Å². The van der Waals surface area contributed by atoms with Crippen LogP contribution < -0.4 is 10.6 Å². The van der Waals surface area contributed by atoms with Crippen molar-refractivity contribution in [1.29, 1.82) is 0 Å². The first-order chi connectivity index (χ1) is 11.6. The first-order valence-corrected chi connectivity index (χ1v) is 9.21. The van der Waals surface area contributed by atoms with Crippen molar-refractivity contribution in [2.45, 2.75) is 33.2 Å². The van der Waals surface area contributed by atoms with Gasteiger partial charge >= 0.3 is 0 Å². The molecule has 7 heteroatoms. The zero-order chi connectivity index (χ0) is 17.4. The molecule has 0 saturated heterocycles. The van der Waals surface area contributed by atoms with Crippen molar-refractivity contribution in [2.75, 3.05) is 13.1 Å². The zero-order valence-corrected chi connectivity index (χ0v) is 15.5. The van der Waals surface area contributed by atoms with Crippen LogP contribution in [0.2, 0.25) is 5.02 Å². The smallest absolute Gasteiger partial charge is 0.191 e. The van der Waals surface area contributed by atoms with Crippen LogP contribution in [0.1, 0.15) is 29.3 Å². The molecule has 0 saturated carbocycles. The van der Waals surface area contributed by atoms with Gasteiger partial charge in [0.25, 0.3) is 0 Å². The molecule has 0 aliphatic carbocycles. The number of aromatic nitrogens is 1. The molecule has 0 amide bonds. The van der Waals surface area contributed by atoms with Gasteiger partial charge in [0.05, 0.1) is 16.6 Å². The van der Waals surface area contributed by atoms with E-state index in [1.54, 1.807) is 23.5 Å². The molecule has 0 unspecified atom stereocenters. The van der Waals surface area contributed by atoms with Gasteiger partial charge in [-0.15, -0.1) is 11.3 Å². The summed E-state index contributed by atoms with van der Waals surface area (Å²) in [6.07, 6.45) is 3.82. The van der Waals surface area contributed by atoms with E-state index < -0.39 is 5.82 Å². The van der Waals surface area contributed by atoms with Gasteiger partial charge < -0.3 is 10.6 Å². The number of nitrogens with one attached hydrogen (secondary N) is 2. The predicted octanol–water partition coefficient (Wildman–Crippen LogP) is 3.80. The summed E-state index contributed by atoms with van der Waals surface area (Å²) in [6.45, 7) is 6.11. The third-order valence-corrected chi connectivity index (χ3v) is 4.82. The third kappa shape index (κ3) is 5.76. The average Bonchev–Trinajstić information content (AvgIpc) is 3.03. The molecule has 24 heavy (non-hydrogen) atoms. The second-order valence-corrected chi connectivity index (χ2v) is 6.80. The molecule has 0 spiro atoms. The number of nitrogens with zero attached hydrogens (tertiary/aromatic N) is 2. The fraction of sp³-hybridized carbons (Fsp3) is 0.412. The highest BCUT2D eigenvalue weighted by molar-refractivity contribution is 7.11. The summed E-state index contributed by atoms with van der Waals surface area (Å²) in [7, 11) is 0. The standard InChI is InChI=1S/C17H22ClFN4S/c1-3-13-11-22-16(24-13)7-8-21-17(20-4-2)23-10-12-5-6-15(19)14(18)9-12/h5-6,9,11H,3-4,7-8,10H2,1-2H3,(H2,20,21,23). The lowest BCUT2D eigenvalue weighted by Crippen LogP contribution is -2.38. The van der Waals surface area contributed by atoms with Crippen LogP contribution in [0.25, 0.3) is 0 Å². The molecule has 1 aromatic carbocycles. The Morgan fingerprint density at radius 1 is 1.33 bits per heavy atom. The number of thiazole rings is 1. The molecule has 2 N–H and O–H groups in total. The van der Waals surface area contributed by atoms with Gasteiger partial charge in [-0.1, -0.05) is 24.6 Å². The summed E-state index contributed by atoms with van der Waals surface area (Å²) in [4.78, 5) is 10.2. The molecule has 2 aromatic rings. The first kappa shape index (κ1) is 18.7. The van der Waals surface area contributed by atoms with Crippen molar-refractivity contribution in [3.63, 3.8) is 0 Å². The maximum atomic E-state index is 13.2. The molecule has 1 heterocycles. The van der Waals surface area contributed by atoms with Gasteiger partial charge in [-0.3, -0.25) is 0 Å². The van der Waals surface area contributed by atoms with Gasteiger partial charge in [0.2, 0.25) is 0 Å². The van der Waals surface area contributed by atoms with Crippen LogP contribution in [0.15, 0.2) is 29.4 Å². The zero-order valence-electron chi connectivity index (χ0n) is 13.9. The number of guanidine groups is 1. The summed E-state index contributed by atoms with van der Waals surface area (Å²) in [5.74, 6) is 0.314. The number of hydrogen-bond acceptors (Lipinski definition) is 3. The summed E-state index contributed by atoms with van der Waals surface area (Å²) >= 11 is 7.54. The van der Waals surface area contributed by atoms with Crippen LogP contribution in [0, 0.1) is 5.82 Å². The highest BCUT2D eigenvalue weighted by atomic mass is 35.5. The molecule has 0 atom stereocenters. The Morgan fingerprint density at radius 3 is 2.83 bits per heavy atom. The van der Waals surface area contributed by atoms with Crippen molar-refractivity contribution in [1.82, 2.24) is 15.6 Å². The lowest BCUT2D eigenvalue weighted by atomic mass is 10.2. The Kier molecular flexibility index (Phi) is 7.46. The van der Waals surface area contributed by atoms with Crippen LogP contribution in [0.5, 0.6) is 0 Å². The van der Waals surface area contributed by atoms with Gasteiger partial charge in [-0.05, 0) is 31.0 Å². The largest absolute Gasteiger partial charge is 0.357 e.